The van der Waals surface area contributed by atoms with Gasteiger partial charge in [0.25, 0.3) is 11.5 Å². The molecule has 3 amide bonds. The normalized spacial score (nSPS) is 11.3. The molecule has 2 aromatic heterocycles. The van der Waals surface area contributed by atoms with Crippen molar-refractivity contribution >= 4 is 22.7 Å². The Bertz CT molecular complexity index is 1260. The zero-order valence-electron chi connectivity index (χ0n) is 18.3. The summed E-state index contributed by atoms with van der Waals surface area (Å²) in [6.45, 7) is -0.0947. The van der Waals surface area contributed by atoms with Gasteiger partial charge in [-0.05, 0) is 11.6 Å². The Hall–Kier alpha value is -4.09. The Morgan fingerprint density at radius 1 is 1.12 bits per heavy atom. The molecular weight excluding hydrogens is 455 g/mol. The molecule has 2 heterocycles. The maximum Gasteiger partial charge on any atom is 0.488 e. The fourth-order valence-corrected chi connectivity index (χ4v) is 3.19. The molecule has 0 saturated carbocycles. The van der Waals surface area contributed by atoms with Gasteiger partial charge in [-0.25, -0.2) is 14.7 Å². The zero-order chi connectivity index (χ0) is 25.0. The topological polar surface area (TPSA) is 108 Å². The van der Waals surface area contributed by atoms with Crippen molar-refractivity contribution in [1.29, 1.82) is 0 Å². The van der Waals surface area contributed by atoms with Gasteiger partial charge in [-0.3, -0.25) is 9.59 Å². The molecule has 9 nitrogen and oxygen atoms in total. The number of carbonyl (C=O) groups is 2. The molecule has 0 saturated heterocycles. The quantitative estimate of drug-likeness (QED) is 0.530. The van der Waals surface area contributed by atoms with Crippen LogP contribution in [0, 0.1) is 0 Å². The molecule has 1 aromatic carbocycles. The van der Waals surface area contributed by atoms with E-state index in [9.17, 15) is 32.7 Å². The van der Waals surface area contributed by atoms with Crippen molar-refractivity contribution in [2.45, 2.75) is 12.8 Å². The Labute approximate surface area is 192 Å². The number of benzene rings is 1. The van der Waals surface area contributed by atoms with E-state index in [1.807, 2.05) is 30.3 Å². The second-order valence-electron chi connectivity index (χ2n) is 7.50. The first-order chi connectivity index (χ1) is 16.0. The van der Waals surface area contributed by atoms with Gasteiger partial charge in [-0.2, -0.15) is 0 Å². The van der Waals surface area contributed by atoms with Crippen LogP contribution in [-0.4, -0.2) is 69.9 Å². The maximum atomic E-state index is 12.8. The lowest BCUT2D eigenvalue weighted by molar-refractivity contribution is -0.217. The summed E-state index contributed by atoms with van der Waals surface area (Å²) >= 11 is 0. The van der Waals surface area contributed by atoms with Gasteiger partial charge >= 0.3 is 12.3 Å². The molecular formula is C22H22F3N5O4. The molecule has 0 atom stereocenters. The zero-order valence-corrected chi connectivity index (χ0v) is 18.3. The first-order valence-electron chi connectivity index (χ1n) is 10.1. The minimum atomic E-state index is -4.82. The summed E-state index contributed by atoms with van der Waals surface area (Å²) in [4.78, 5) is 41.3. The molecule has 2 N–H and O–H groups in total. The Balaban J connectivity index is 1.70. The van der Waals surface area contributed by atoms with Gasteiger partial charge in [0, 0.05) is 45.0 Å². The smallest absolute Gasteiger partial charge is 0.488 e. The van der Waals surface area contributed by atoms with Crippen molar-refractivity contribution in [3.05, 3.63) is 70.4 Å². The monoisotopic (exact) mass is 477 g/mol. The van der Waals surface area contributed by atoms with E-state index in [1.165, 1.54) is 23.0 Å². The van der Waals surface area contributed by atoms with Crippen LogP contribution in [0.15, 0.2) is 53.6 Å². The third-order valence-electron chi connectivity index (χ3n) is 5.14. The van der Waals surface area contributed by atoms with E-state index in [2.05, 4.69) is 10.3 Å². The van der Waals surface area contributed by atoms with Crippen LogP contribution in [0.2, 0.25) is 0 Å². The Kier molecular flexibility index (Phi) is 7.08. The van der Waals surface area contributed by atoms with Crippen LogP contribution in [0.4, 0.5) is 18.0 Å². The molecule has 0 fully saturated rings. The standard InChI is InChI=1S/C22H22F3N5O4/c1-28(21(34)29(2)22(23,24)25)11-9-26-19(32)17-18(31)15-8-10-30(20(33)16(15)12-27-17)13-14-6-4-3-5-7-14/h3-8,10,12,31H,9,11,13H2,1-2H3,(H,26,32). The van der Waals surface area contributed by atoms with E-state index in [1.54, 1.807) is 0 Å². The molecule has 0 aliphatic heterocycles. The lowest BCUT2D eigenvalue weighted by Crippen LogP contribution is -2.48. The number of carbonyl (C=O) groups excluding carboxylic acids is 2. The lowest BCUT2D eigenvalue weighted by atomic mass is 10.1. The minimum absolute atomic E-state index is 0.119. The summed E-state index contributed by atoms with van der Waals surface area (Å²) in [5, 5.41) is 13.2. The number of nitrogens with one attached hydrogen (secondary N) is 1. The molecule has 0 spiro atoms. The molecule has 0 unspecified atom stereocenters. The Morgan fingerprint density at radius 2 is 1.79 bits per heavy atom. The molecule has 3 aromatic rings. The van der Waals surface area contributed by atoms with Crippen LogP contribution in [0.5, 0.6) is 5.75 Å². The summed E-state index contributed by atoms with van der Waals surface area (Å²) < 4.78 is 39.3. The van der Waals surface area contributed by atoms with Crippen LogP contribution in [-0.2, 0) is 6.54 Å². The lowest BCUT2D eigenvalue weighted by Gasteiger charge is -2.26. The maximum absolute atomic E-state index is 12.8. The summed E-state index contributed by atoms with van der Waals surface area (Å²) in [7, 11) is 1.76. The molecule has 0 aliphatic rings. The van der Waals surface area contributed by atoms with Crippen LogP contribution in [0.3, 0.4) is 0 Å². The van der Waals surface area contributed by atoms with Crippen molar-refractivity contribution < 1.29 is 27.9 Å². The highest BCUT2D eigenvalue weighted by molar-refractivity contribution is 6.01. The summed E-state index contributed by atoms with van der Waals surface area (Å²) in [6.07, 6.45) is -2.15. The molecule has 0 bridgehead atoms. The van der Waals surface area contributed by atoms with Crippen LogP contribution in [0.1, 0.15) is 16.1 Å². The van der Waals surface area contributed by atoms with E-state index in [4.69, 9.17) is 0 Å². The van der Waals surface area contributed by atoms with Gasteiger partial charge in [0.05, 0.1) is 11.9 Å². The summed E-state index contributed by atoms with van der Waals surface area (Å²) in [5.41, 5.74) is 0.154. The fourth-order valence-electron chi connectivity index (χ4n) is 3.19. The van der Waals surface area contributed by atoms with E-state index in [0.717, 1.165) is 17.5 Å². The highest BCUT2D eigenvalue weighted by atomic mass is 19.4. The van der Waals surface area contributed by atoms with Crippen LogP contribution in [0.25, 0.3) is 10.8 Å². The summed E-state index contributed by atoms with van der Waals surface area (Å²) in [6, 6.07) is 9.49. The van der Waals surface area contributed by atoms with Crippen LogP contribution < -0.4 is 10.9 Å². The van der Waals surface area contributed by atoms with E-state index in [0.29, 0.717) is 13.6 Å². The van der Waals surface area contributed by atoms with E-state index < -0.39 is 29.5 Å². The molecule has 3 rings (SSSR count). The number of urea groups is 1. The minimum Gasteiger partial charge on any atom is -0.505 e. The Morgan fingerprint density at radius 3 is 2.44 bits per heavy atom. The van der Waals surface area contributed by atoms with Crippen molar-refractivity contribution in [1.82, 2.24) is 24.7 Å². The van der Waals surface area contributed by atoms with Gasteiger partial charge in [-0.1, -0.05) is 30.3 Å². The van der Waals surface area contributed by atoms with Gasteiger partial charge in [0.15, 0.2) is 11.4 Å². The number of halogens is 3. The molecule has 0 aliphatic carbocycles. The highest BCUT2D eigenvalue weighted by Gasteiger charge is 2.39. The number of likely N-dealkylation sites (N-methyl/N-ethyl adjacent to an activating group) is 1. The SMILES string of the molecule is CN(CCNC(=O)c1ncc2c(=O)n(Cc3ccccc3)ccc2c1O)C(=O)N(C)C(F)(F)F. The number of fused-ring (bicyclic) bond motifs is 1. The van der Waals surface area contributed by atoms with Gasteiger partial charge in [0.2, 0.25) is 0 Å². The fraction of sp³-hybridized carbons (Fsp3) is 0.273. The number of hydrogen-bond acceptors (Lipinski definition) is 5. The van der Waals surface area contributed by atoms with Crippen molar-refractivity contribution in [2.75, 3.05) is 27.2 Å². The number of alkyl halides is 3. The first-order valence-corrected chi connectivity index (χ1v) is 10.1. The van der Waals surface area contributed by atoms with Gasteiger partial charge in [0.1, 0.15) is 0 Å². The van der Waals surface area contributed by atoms with Crippen molar-refractivity contribution in [2.24, 2.45) is 0 Å². The predicted octanol–water partition coefficient (Wildman–Crippen LogP) is 2.38. The largest absolute Gasteiger partial charge is 0.505 e. The number of aromatic hydroxyl groups is 1. The number of amides is 3. The average Bonchev–Trinajstić information content (AvgIpc) is 2.80. The predicted molar refractivity (Wildman–Crippen MR) is 117 cm³/mol. The second kappa shape index (κ2) is 9.81. The van der Waals surface area contributed by atoms with Gasteiger partial charge in [-0.15, -0.1) is 13.2 Å². The third kappa shape index (κ3) is 5.27. The number of rotatable bonds is 6. The van der Waals surface area contributed by atoms with Crippen molar-refractivity contribution in [3.8, 4) is 5.75 Å². The number of hydrogen-bond donors (Lipinski definition) is 2. The first kappa shape index (κ1) is 24.6. The average molecular weight is 477 g/mol. The number of pyridine rings is 2. The number of aromatic nitrogens is 2. The van der Waals surface area contributed by atoms with E-state index >= 15 is 0 Å². The van der Waals surface area contributed by atoms with Gasteiger partial charge < -0.3 is 19.9 Å². The molecule has 180 valence electrons. The number of nitrogens with zero attached hydrogens (tertiary/aromatic N) is 4. The molecule has 0 radical (unpaired) electrons. The highest BCUT2D eigenvalue weighted by Crippen LogP contribution is 2.25. The van der Waals surface area contributed by atoms with E-state index in [-0.39, 0.29) is 34.5 Å². The third-order valence-corrected chi connectivity index (χ3v) is 5.14. The summed E-state index contributed by atoms with van der Waals surface area (Å²) in [5.74, 6) is -1.31. The second-order valence-corrected chi connectivity index (χ2v) is 7.50. The van der Waals surface area contributed by atoms with Crippen molar-refractivity contribution in [3.63, 3.8) is 0 Å². The molecule has 34 heavy (non-hydrogen) atoms. The van der Waals surface area contributed by atoms with Crippen LogP contribution >= 0.6 is 0 Å². The molecule has 12 heteroatoms.